The van der Waals surface area contributed by atoms with Crippen LogP contribution in [0.5, 0.6) is 0 Å². The van der Waals surface area contributed by atoms with Gasteiger partial charge in [-0.15, -0.1) is 0 Å². The molecule has 92 valence electrons. The Labute approximate surface area is 112 Å². The van der Waals surface area contributed by atoms with E-state index in [2.05, 4.69) is 15.9 Å². The SMILES string of the molecule is O=C(Cc1ccc(Br)cc1F)c1ccccc1F. The number of Topliss-reactive ketones (excluding diaryl/α,β-unsaturated/α-hetero) is 1. The molecule has 0 spiro atoms. The van der Waals surface area contributed by atoms with E-state index in [0.717, 1.165) is 0 Å². The summed E-state index contributed by atoms with van der Waals surface area (Å²) in [6.07, 6.45) is -0.153. The summed E-state index contributed by atoms with van der Waals surface area (Å²) >= 11 is 3.13. The van der Waals surface area contributed by atoms with Crippen LogP contribution >= 0.6 is 15.9 Å². The van der Waals surface area contributed by atoms with Gasteiger partial charge in [0.2, 0.25) is 0 Å². The minimum Gasteiger partial charge on any atom is -0.294 e. The number of rotatable bonds is 3. The Hall–Kier alpha value is -1.55. The predicted octanol–water partition coefficient (Wildman–Crippen LogP) is 4.15. The summed E-state index contributed by atoms with van der Waals surface area (Å²) in [5.41, 5.74) is 0.242. The average molecular weight is 311 g/mol. The molecule has 0 unspecified atom stereocenters. The highest BCUT2D eigenvalue weighted by atomic mass is 79.9. The fraction of sp³-hybridized carbons (Fsp3) is 0.0714. The van der Waals surface area contributed by atoms with Crippen molar-refractivity contribution in [3.05, 3.63) is 69.7 Å². The lowest BCUT2D eigenvalue weighted by Crippen LogP contribution is -2.07. The average Bonchev–Trinajstić information content (AvgIpc) is 2.33. The molecule has 2 rings (SSSR count). The molecule has 0 radical (unpaired) electrons. The molecule has 0 amide bonds. The van der Waals surface area contributed by atoms with Gasteiger partial charge in [-0.2, -0.15) is 0 Å². The number of benzene rings is 2. The highest BCUT2D eigenvalue weighted by Crippen LogP contribution is 2.18. The first-order valence-corrected chi connectivity index (χ1v) is 6.09. The van der Waals surface area contributed by atoms with Crippen LogP contribution in [0.2, 0.25) is 0 Å². The van der Waals surface area contributed by atoms with Crippen molar-refractivity contribution in [2.24, 2.45) is 0 Å². The second kappa shape index (κ2) is 5.40. The Balaban J connectivity index is 2.24. The summed E-state index contributed by atoms with van der Waals surface area (Å²) in [5.74, 6) is -1.50. The number of hydrogen-bond donors (Lipinski definition) is 0. The molecule has 0 N–H and O–H groups in total. The second-order valence-corrected chi connectivity index (χ2v) is 4.73. The fourth-order valence-electron chi connectivity index (χ4n) is 1.62. The number of hydrogen-bond acceptors (Lipinski definition) is 1. The standard InChI is InChI=1S/C14H9BrF2O/c15-10-6-5-9(13(17)8-10)7-14(18)11-3-1-2-4-12(11)16/h1-6,8H,7H2. The normalized spacial score (nSPS) is 10.4. The van der Waals surface area contributed by atoms with Crippen molar-refractivity contribution >= 4 is 21.7 Å². The third-order valence-electron chi connectivity index (χ3n) is 2.54. The Morgan fingerprint density at radius 3 is 2.44 bits per heavy atom. The number of carbonyl (C=O) groups excluding carboxylic acids is 1. The van der Waals surface area contributed by atoms with Crippen LogP contribution in [0.25, 0.3) is 0 Å². The van der Waals surface area contributed by atoms with E-state index < -0.39 is 17.4 Å². The lowest BCUT2D eigenvalue weighted by Gasteiger charge is -2.04. The summed E-state index contributed by atoms with van der Waals surface area (Å²) in [7, 11) is 0. The first-order valence-electron chi connectivity index (χ1n) is 5.29. The van der Waals surface area contributed by atoms with Gasteiger partial charge < -0.3 is 0 Å². The number of halogens is 3. The smallest absolute Gasteiger partial charge is 0.170 e. The van der Waals surface area contributed by atoms with Gasteiger partial charge in [0.1, 0.15) is 11.6 Å². The van der Waals surface area contributed by atoms with Crippen molar-refractivity contribution in [3.8, 4) is 0 Å². The summed E-state index contributed by atoms with van der Waals surface area (Å²) in [5, 5.41) is 0. The molecule has 0 saturated heterocycles. The van der Waals surface area contributed by atoms with Crippen molar-refractivity contribution < 1.29 is 13.6 Å². The quantitative estimate of drug-likeness (QED) is 0.778. The summed E-state index contributed by atoms with van der Waals surface area (Å²) in [4.78, 5) is 11.9. The lowest BCUT2D eigenvalue weighted by atomic mass is 10.0. The third-order valence-corrected chi connectivity index (χ3v) is 3.03. The van der Waals surface area contributed by atoms with E-state index in [1.54, 1.807) is 12.1 Å². The van der Waals surface area contributed by atoms with E-state index in [9.17, 15) is 13.6 Å². The molecule has 18 heavy (non-hydrogen) atoms. The largest absolute Gasteiger partial charge is 0.294 e. The van der Waals surface area contributed by atoms with Gasteiger partial charge in [-0.1, -0.05) is 34.1 Å². The summed E-state index contributed by atoms with van der Waals surface area (Å²) < 4.78 is 27.5. The zero-order valence-corrected chi connectivity index (χ0v) is 10.9. The zero-order valence-electron chi connectivity index (χ0n) is 9.29. The highest BCUT2D eigenvalue weighted by molar-refractivity contribution is 9.10. The molecule has 1 nitrogen and oxygen atoms in total. The molecule has 0 heterocycles. The predicted molar refractivity (Wildman–Crippen MR) is 68.5 cm³/mol. The van der Waals surface area contributed by atoms with Gasteiger partial charge in [0.15, 0.2) is 5.78 Å². The van der Waals surface area contributed by atoms with Crippen molar-refractivity contribution in [2.75, 3.05) is 0 Å². The summed E-state index contributed by atoms with van der Waals surface area (Å²) in [6.45, 7) is 0. The van der Waals surface area contributed by atoms with E-state index in [-0.39, 0.29) is 17.5 Å². The van der Waals surface area contributed by atoms with Crippen LogP contribution in [0.4, 0.5) is 8.78 Å². The Morgan fingerprint density at radius 1 is 1.06 bits per heavy atom. The molecular formula is C14H9BrF2O. The Morgan fingerprint density at radius 2 is 1.78 bits per heavy atom. The molecule has 0 aliphatic rings. The van der Waals surface area contributed by atoms with E-state index in [4.69, 9.17) is 0 Å². The first kappa shape index (κ1) is 12.9. The van der Waals surface area contributed by atoms with Gasteiger partial charge in [0.25, 0.3) is 0 Å². The Kier molecular flexibility index (Phi) is 3.87. The van der Waals surface area contributed by atoms with Gasteiger partial charge in [-0.25, -0.2) is 8.78 Å². The maximum Gasteiger partial charge on any atom is 0.170 e. The van der Waals surface area contributed by atoms with E-state index in [0.29, 0.717) is 4.47 Å². The summed E-state index contributed by atoms with van der Waals surface area (Å²) in [6, 6.07) is 10.1. The molecule has 0 saturated carbocycles. The van der Waals surface area contributed by atoms with Crippen LogP contribution in [0.1, 0.15) is 15.9 Å². The second-order valence-electron chi connectivity index (χ2n) is 3.82. The zero-order chi connectivity index (χ0) is 13.1. The van der Waals surface area contributed by atoms with Gasteiger partial charge in [-0.3, -0.25) is 4.79 Å². The van der Waals surface area contributed by atoms with E-state index in [1.807, 2.05) is 0 Å². The van der Waals surface area contributed by atoms with Gasteiger partial charge in [-0.05, 0) is 29.8 Å². The Bertz CT molecular complexity index is 596. The first-order chi connectivity index (χ1) is 8.58. The lowest BCUT2D eigenvalue weighted by molar-refractivity contribution is 0.0988. The molecule has 2 aromatic rings. The topological polar surface area (TPSA) is 17.1 Å². The van der Waals surface area contributed by atoms with Crippen molar-refractivity contribution in [2.45, 2.75) is 6.42 Å². The molecule has 0 fully saturated rings. The van der Waals surface area contributed by atoms with Crippen molar-refractivity contribution in [1.82, 2.24) is 0 Å². The molecule has 0 aliphatic heterocycles. The third kappa shape index (κ3) is 2.82. The minimum atomic E-state index is -0.583. The number of carbonyl (C=O) groups is 1. The van der Waals surface area contributed by atoms with Crippen molar-refractivity contribution in [1.29, 1.82) is 0 Å². The monoisotopic (exact) mass is 310 g/mol. The fourth-order valence-corrected chi connectivity index (χ4v) is 1.95. The molecular weight excluding hydrogens is 302 g/mol. The molecule has 0 bridgehead atoms. The molecule has 0 aromatic heterocycles. The van der Waals surface area contributed by atoms with Gasteiger partial charge in [0.05, 0.1) is 5.56 Å². The molecule has 2 aromatic carbocycles. The van der Waals surface area contributed by atoms with E-state index in [1.165, 1.54) is 30.3 Å². The van der Waals surface area contributed by atoms with Crippen LogP contribution in [0.15, 0.2) is 46.9 Å². The van der Waals surface area contributed by atoms with E-state index >= 15 is 0 Å². The number of ketones is 1. The van der Waals surface area contributed by atoms with Gasteiger partial charge >= 0.3 is 0 Å². The molecule has 0 atom stereocenters. The van der Waals surface area contributed by atoms with Crippen LogP contribution in [0, 0.1) is 11.6 Å². The van der Waals surface area contributed by atoms with Crippen LogP contribution in [-0.4, -0.2) is 5.78 Å². The van der Waals surface area contributed by atoms with Crippen LogP contribution in [-0.2, 0) is 6.42 Å². The maximum atomic E-state index is 13.6. The molecule has 0 aliphatic carbocycles. The van der Waals surface area contributed by atoms with Crippen LogP contribution in [0.3, 0.4) is 0 Å². The van der Waals surface area contributed by atoms with Gasteiger partial charge in [0, 0.05) is 10.9 Å². The minimum absolute atomic E-state index is 0.0141. The van der Waals surface area contributed by atoms with Crippen molar-refractivity contribution in [3.63, 3.8) is 0 Å². The molecule has 4 heteroatoms. The highest BCUT2D eigenvalue weighted by Gasteiger charge is 2.13. The van der Waals surface area contributed by atoms with Crippen LogP contribution < -0.4 is 0 Å². The maximum absolute atomic E-state index is 13.6.